The van der Waals surface area contributed by atoms with E-state index in [4.69, 9.17) is 5.11 Å². The molecule has 1 heterocycles. The van der Waals surface area contributed by atoms with E-state index >= 15 is 0 Å². The molecule has 0 aliphatic heterocycles. The molecule has 0 saturated heterocycles. The van der Waals surface area contributed by atoms with Gasteiger partial charge in [-0.15, -0.1) is 0 Å². The monoisotopic (exact) mass is 226 g/mol. The van der Waals surface area contributed by atoms with E-state index in [1.807, 2.05) is 0 Å². The Labute approximate surface area is 89.1 Å². The quantitative estimate of drug-likeness (QED) is 0.854. The normalized spacial score (nSPS) is 11.2. The SMILES string of the molecule is Cn1nc2ccc(C(=O)O)cc2c1C(F)F. The molecule has 1 aromatic heterocycles. The zero-order valence-electron chi connectivity index (χ0n) is 8.32. The van der Waals surface area contributed by atoms with Gasteiger partial charge in [-0.25, -0.2) is 13.6 Å². The second-order valence-corrected chi connectivity index (χ2v) is 3.35. The summed E-state index contributed by atoms with van der Waals surface area (Å²) in [5.41, 5.74) is 0.0725. The molecule has 0 atom stereocenters. The lowest BCUT2D eigenvalue weighted by atomic mass is 10.1. The molecule has 6 heteroatoms. The van der Waals surface area contributed by atoms with Crippen LogP contribution in [0.25, 0.3) is 10.9 Å². The van der Waals surface area contributed by atoms with Crippen molar-refractivity contribution in [3.63, 3.8) is 0 Å². The molecule has 0 saturated carbocycles. The molecule has 0 aliphatic carbocycles. The number of aryl methyl sites for hydroxylation is 1. The summed E-state index contributed by atoms with van der Waals surface area (Å²) in [5, 5.41) is 12.8. The highest BCUT2D eigenvalue weighted by Crippen LogP contribution is 2.27. The van der Waals surface area contributed by atoms with Crippen molar-refractivity contribution in [3.05, 3.63) is 29.5 Å². The van der Waals surface area contributed by atoms with Crippen molar-refractivity contribution in [1.82, 2.24) is 9.78 Å². The molecule has 1 aromatic carbocycles. The van der Waals surface area contributed by atoms with Crippen LogP contribution >= 0.6 is 0 Å². The largest absolute Gasteiger partial charge is 0.478 e. The van der Waals surface area contributed by atoms with Gasteiger partial charge < -0.3 is 5.11 Å². The first-order chi connectivity index (χ1) is 7.50. The second-order valence-electron chi connectivity index (χ2n) is 3.35. The van der Waals surface area contributed by atoms with Crippen molar-refractivity contribution in [2.24, 2.45) is 7.05 Å². The summed E-state index contributed by atoms with van der Waals surface area (Å²) in [6.45, 7) is 0. The van der Waals surface area contributed by atoms with E-state index in [0.29, 0.717) is 5.52 Å². The molecular formula is C10H8F2N2O2. The Morgan fingerprint density at radius 3 is 2.75 bits per heavy atom. The number of hydrogen-bond acceptors (Lipinski definition) is 2. The summed E-state index contributed by atoms with van der Waals surface area (Å²) in [5.74, 6) is -1.15. The molecule has 0 spiro atoms. The number of halogens is 2. The third kappa shape index (κ3) is 1.52. The molecule has 0 aliphatic rings. The molecule has 4 nitrogen and oxygen atoms in total. The molecule has 0 radical (unpaired) electrons. The van der Waals surface area contributed by atoms with Crippen molar-refractivity contribution in [3.8, 4) is 0 Å². The van der Waals surface area contributed by atoms with Crippen molar-refractivity contribution in [1.29, 1.82) is 0 Å². The van der Waals surface area contributed by atoms with Gasteiger partial charge in [-0.2, -0.15) is 5.10 Å². The predicted octanol–water partition coefficient (Wildman–Crippen LogP) is 2.21. The molecule has 0 fully saturated rings. The Bertz CT molecular complexity index is 563. The molecule has 1 N–H and O–H groups in total. The van der Waals surface area contributed by atoms with Crippen LogP contribution in [0, 0.1) is 0 Å². The third-order valence-corrected chi connectivity index (χ3v) is 2.33. The molecule has 84 valence electrons. The van der Waals surface area contributed by atoms with E-state index in [1.54, 1.807) is 0 Å². The van der Waals surface area contributed by atoms with Gasteiger partial charge in [0.2, 0.25) is 0 Å². The number of carboxylic acid groups (broad SMARTS) is 1. The number of alkyl halides is 2. The summed E-state index contributed by atoms with van der Waals surface area (Å²) in [6.07, 6.45) is -2.68. The van der Waals surface area contributed by atoms with Gasteiger partial charge in [0.15, 0.2) is 0 Å². The van der Waals surface area contributed by atoms with Crippen LogP contribution in [0.3, 0.4) is 0 Å². The van der Waals surface area contributed by atoms with Crippen LogP contribution in [-0.2, 0) is 7.05 Å². The topological polar surface area (TPSA) is 55.1 Å². The summed E-state index contributed by atoms with van der Waals surface area (Å²) in [4.78, 5) is 10.7. The fourth-order valence-electron chi connectivity index (χ4n) is 1.61. The van der Waals surface area contributed by atoms with Gasteiger partial charge in [0.05, 0.1) is 11.1 Å². The molecule has 2 aromatic rings. The minimum Gasteiger partial charge on any atom is -0.478 e. The van der Waals surface area contributed by atoms with Crippen LogP contribution in [0.2, 0.25) is 0 Å². The third-order valence-electron chi connectivity index (χ3n) is 2.33. The maximum absolute atomic E-state index is 12.7. The van der Waals surface area contributed by atoms with Gasteiger partial charge >= 0.3 is 5.97 Å². The van der Waals surface area contributed by atoms with Crippen LogP contribution in [0.5, 0.6) is 0 Å². The Hall–Kier alpha value is -1.98. The Kier molecular flexibility index (Phi) is 2.34. The summed E-state index contributed by atoms with van der Waals surface area (Å²) in [6, 6.07) is 3.98. The van der Waals surface area contributed by atoms with Crippen molar-refractivity contribution in [2.75, 3.05) is 0 Å². The highest BCUT2D eigenvalue weighted by molar-refractivity contribution is 5.94. The van der Waals surface area contributed by atoms with E-state index in [2.05, 4.69) is 5.10 Å². The Morgan fingerprint density at radius 1 is 1.50 bits per heavy atom. The average molecular weight is 226 g/mol. The first-order valence-corrected chi connectivity index (χ1v) is 4.49. The molecule has 16 heavy (non-hydrogen) atoms. The van der Waals surface area contributed by atoms with Crippen molar-refractivity contribution < 1.29 is 18.7 Å². The van der Waals surface area contributed by atoms with Crippen LogP contribution in [0.1, 0.15) is 22.5 Å². The molecule has 0 bridgehead atoms. The lowest BCUT2D eigenvalue weighted by Gasteiger charge is -2.00. The van der Waals surface area contributed by atoms with Crippen LogP contribution in [0.4, 0.5) is 8.78 Å². The highest BCUT2D eigenvalue weighted by Gasteiger charge is 2.18. The predicted molar refractivity (Wildman–Crippen MR) is 52.6 cm³/mol. The first-order valence-electron chi connectivity index (χ1n) is 4.49. The number of aromatic nitrogens is 2. The van der Waals surface area contributed by atoms with Gasteiger partial charge in [0.25, 0.3) is 6.43 Å². The fourth-order valence-corrected chi connectivity index (χ4v) is 1.61. The van der Waals surface area contributed by atoms with E-state index in [1.165, 1.54) is 25.2 Å². The number of fused-ring (bicyclic) bond motifs is 1. The van der Waals surface area contributed by atoms with Gasteiger partial charge in [0.1, 0.15) is 5.69 Å². The number of benzene rings is 1. The van der Waals surface area contributed by atoms with Crippen LogP contribution in [-0.4, -0.2) is 20.9 Å². The smallest absolute Gasteiger partial charge is 0.335 e. The zero-order chi connectivity index (χ0) is 11.9. The van der Waals surface area contributed by atoms with E-state index in [0.717, 1.165) is 4.68 Å². The fraction of sp³-hybridized carbons (Fsp3) is 0.200. The molecular weight excluding hydrogens is 218 g/mol. The summed E-state index contributed by atoms with van der Waals surface area (Å²) < 4.78 is 26.5. The maximum atomic E-state index is 12.7. The number of rotatable bonds is 2. The van der Waals surface area contributed by atoms with Gasteiger partial charge in [-0.1, -0.05) is 0 Å². The molecule has 0 unspecified atom stereocenters. The Balaban J connectivity index is 2.74. The summed E-state index contributed by atoms with van der Waals surface area (Å²) >= 11 is 0. The van der Waals surface area contributed by atoms with Gasteiger partial charge in [0, 0.05) is 12.4 Å². The van der Waals surface area contributed by atoms with Crippen molar-refractivity contribution in [2.45, 2.75) is 6.43 Å². The second kappa shape index (κ2) is 3.55. The van der Waals surface area contributed by atoms with E-state index in [9.17, 15) is 13.6 Å². The highest BCUT2D eigenvalue weighted by atomic mass is 19.3. The summed E-state index contributed by atoms with van der Waals surface area (Å²) in [7, 11) is 1.40. The standard InChI is InChI=1S/C10H8F2N2O2/c1-14-8(9(11)12)6-4-5(10(15)16)2-3-7(6)13-14/h2-4,9H,1H3,(H,15,16). The van der Waals surface area contributed by atoms with E-state index in [-0.39, 0.29) is 16.6 Å². The number of hydrogen-bond donors (Lipinski definition) is 1. The maximum Gasteiger partial charge on any atom is 0.335 e. The lowest BCUT2D eigenvalue weighted by Crippen LogP contribution is -1.98. The van der Waals surface area contributed by atoms with Crippen LogP contribution < -0.4 is 0 Å². The first kappa shape index (κ1) is 10.5. The minimum atomic E-state index is -2.68. The zero-order valence-corrected chi connectivity index (χ0v) is 8.32. The Morgan fingerprint density at radius 2 is 2.19 bits per heavy atom. The lowest BCUT2D eigenvalue weighted by molar-refractivity contribution is 0.0697. The average Bonchev–Trinajstić information content (AvgIpc) is 2.51. The number of carboxylic acids is 1. The number of nitrogens with zero attached hydrogens (tertiary/aromatic N) is 2. The minimum absolute atomic E-state index is 0.0256. The van der Waals surface area contributed by atoms with Crippen molar-refractivity contribution >= 4 is 16.9 Å². The van der Waals surface area contributed by atoms with Crippen LogP contribution in [0.15, 0.2) is 18.2 Å². The van der Waals surface area contributed by atoms with Gasteiger partial charge in [-0.3, -0.25) is 4.68 Å². The van der Waals surface area contributed by atoms with E-state index < -0.39 is 12.4 Å². The molecule has 2 rings (SSSR count). The molecule has 0 amide bonds. The van der Waals surface area contributed by atoms with Gasteiger partial charge in [-0.05, 0) is 18.2 Å². The number of carbonyl (C=O) groups is 1. The number of aromatic carboxylic acids is 1.